The third-order valence-electron chi connectivity index (χ3n) is 3.98. The molecule has 0 unspecified atom stereocenters. The predicted octanol–water partition coefficient (Wildman–Crippen LogP) is 1.55. The van der Waals surface area contributed by atoms with Crippen LogP contribution in [0.1, 0.15) is 47.0 Å². The van der Waals surface area contributed by atoms with Crippen LogP contribution in [-0.2, 0) is 0 Å². The molecule has 1 aliphatic heterocycles. The molecule has 0 fully saturated rings. The van der Waals surface area contributed by atoms with E-state index in [9.17, 15) is 10.2 Å². The first-order chi connectivity index (χ1) is 9.47. The quantitative estimate of drug-likeness (QED) is 0.665. The molecule has 4 heteroatoms. The number of hydrogen-bond acceptors (Lipinski definition) is 3. The number of aliphatic hydroxyl groups excluding tert-OH is 2. The lowest BCUT2D eigenvalue weighted by atomic mass is 10.0. The number of rotatable bonds is 8. The molecule has 4 nitrogen and oxygen atoms in total. The Kier molecular flexibility index (Phi) is 7.52. The van der Waals surface area contributed by atoms with Gasteiger partial charge in [0.2, 0.25) is 6.34 Å². The third kappa shape index (κ3) is 5.41. The van der Waals surface area contributed by atoms with E-state index in [1.165, 1.54) is 0 Å². The van der Waals surface area contributed by atoms with Gasteiger partial charge in [0.25, 0.3) is 0 Å². The summed E-state index contributed by atoms with van der Waals surface area (Å²) in [5.41, 5.74) is 0. The molecule has 2 atom stereocenters. The van der Waals surface area contributed by atoms with Gasteiger partial charge >= 0.3 is 0 Å². The van der Waals surface area contributed by atoms with Crippen molar-refractivity contribution < 1.29 is 14.8 Å². The molecule has 20 heavy (non-hydrogen) atoms. The standard InChI is InChI=1S/C16H33N2O2/c1-13(2)8-15(10-19)17-6-5-7-18(12-17)16(11-20)9-14(3)4/h12-16,19-20H,5-11H2,1-4H3/q+1/t15-,16-/m0/s1. The van der Waals surface area contributed by atoms with Crippen LogP contribution in [0.4, 0.5) is 0 Å². The number of nitrogens with zero attached hydrogens (tertiary/aromatic N) is 2. The van der Waals surface area contributed by atoms with Crippen molar-refractivity contribution in [3.63, 3.8) is 0 Å². The highest BCUT2D eigenvalue weighted by Gasteiger charge is 2.28. The van der Waals surface area contributed by atoms with Crippen LogP contribution in [0.3, 0.4) is 0 Å². The van der Waals surface area contributed by atoms with Crippen molar-refractivity contribution in [3.8, 4) is 0 Å². The van der Waals surface area contributed by atoms with Gasteiger partial charge in [-0.25, -0.2) is 0 Å². The third-order valence-corrected chi connectivity index (χ3v) is 3.98. The fourth-order valence-corrected chi connectivity index (χ4v) is 3.01. The summed E-state index contributed by atoms with van der Waals surface area (Å²) in [4.78, 5) is 2.27. The van der Waals surface area contributed by atoms with E-state index < -0.39 is 0 Å². The van der Waals surface area contributed by atoms with Gasteiger partial charge in [-0.05, 0) is 24.7 Å². The second kappa shape index (κ2) is 8.63. The molecule has 118 valence electrons. The molecule has 1 aliphatic rings. The van der Waals surface area contributed by atoms with Gasteiger partial charge in [0, 0.05) is 6.42 Å². The molecular formula is C16H33N2O2+. The molecule has 0 aromatic carbocycles. The lowest BCUT2D eigenvalue weighted by Crippen LogP contribution is -2.48. The van der Waals surface area contributed by atoms with Crippen molar-refractivity contribution in [1.82, 2.24) is 4.90 Å². The molecule has 0 aromatic rings. The molecule has 0 aromatic heterocycles. The Morgan fingerprint density at radius 3 is 2.20 bits per heavy atom. The minimum Gasteiger partial charge on any atom is -0.392 e. The molecule has 0 saturated heterocycles. The summed E-state index contributed by atoms with van der Waals surface area (Å²) in [6.07, 6.45) is 5.26. The average molecular weight is 285 g/mol. The smallest absolute Gasteiger partial charge is 0.234 e. The normalized spacial score (nSPS) is 19.4. The highest BCUT2D eigenvalue weighted by atomic mass is 16.3. The van der Waals surface area contributed by atoms with Crippen LogP contribution < -0.4 is 0 Å². The van der Waals surface area contributed by atoms with Gasteiger partial charge in [-0.2, -0.15) is 0 Å². The first-order valence-corrected chi connectivity index (χ1v) is 8.06. The second-order valence-corrected chi connectivity index (χ2v) is 6.88. The SMILES string of the molecule is CC(C)C[C@@H](CO)N1C=[N+]([C@H](CO)CC(C)C)CCC1. The fraction of sp³-hybridized carbons (Fsp3) is 0.938. The number of hydrogen-bond donors (Lipinski definition) is 2. The first-order valence-electron chi connectivity index (χ1n) is 8.06. The van der Waals surface area contributed by atoms with E-state index in [0.29, 0.717) is 11.8 Å². The van der Waals surface area contributed by atoms with Crippen molar-refractivity contribution in [2.24, 2.45) is 11.8 Å². The Hall–Kier alpha value is -0.610. The summed E-state index contributed by atoms with van der Waals surface area (Å²) >= 11 is 0. The predicted molar refractivity (Wildman–Crippen MR) is 83.2 cm³/mol. The van der Waals surface area contributed by atoms with E-state index in [0.717, 1.165) is 32.4 Å². The zero-order valence-corrected chi connectivity index (χ0v) is 13.6. The average Bonchev–Trinajstić information content (AvgIpc) is 2.41. The summed E-state index contributed by atoms with van der Waals surface area (Å²) in [7, 11) is 0. The first kappa shape index (κ1) is 17.4. The summed E-state index contributed by atoms with van der Waals surface area (Å²) < 4.78 is 2.27. The summed E-state index contributed by atoms with van der Waals surface area (Å²) in [5, 5.41) is 19.3. The van der Waals surface area contributed by atoms with E-state index >= 15 is 0 Å². The topological polar surface area (TPSA) is 46.7 Å². The molecule has 2 N–H and O–H groups in total. The minimum absolute atomic E-state index is 0.205. The summed E-state index contributed by atoms with van der Waals surface area (Å²) in [6.45, 7) is 11.2. The van der Waals surface area contributed by atoms with E-state index in [-0.39, 0.29) is 25.3 Å². The van der Waals surface area contributed by atoms with Crippen LogP contribution >= 0.6 is 0 Å². The van der Waals surface area contributed by atoms with E-state index in [1.807, 2.05) is 0 Å². The lowest BCUT2D eigenvalue weighted by Gasteiger charge is -2.30. The summed E-state index contributed by atoms with van der Waals surface area (Å²) in [5.74, 6) is 1.17. The van der Waals surface area contributed by atoms with Gasteiger partial charge in [-0.1, -0.05) is 27.7 Å². The Bertz CT molecular complexity index is 303. The molecular weight excluding hydrogens is 252 g/mol. The Balaban J connectivity index is 2.76. The van der Waals surface area contributed by atoms with Crippen molar-refractivity contribution in [2.75, 3.05) is 26.3 Å². The molecule has 0 amide bonds. The largest absolute Gasteiger partial charge is 0.392 e. The maximum absolute atomic E-state index is 9.63. The van der Waals surface area contributed by atoms with Crippen molar-refractivity contribution in [3.05, 3.63) is 0 Å². The minimum atomic E-state index is 0.205. The molecule has 0 aliphatic carbocycles. The van der Waals surface area contributed by atoms with Gasteiger partial charge in [-0.3, -0.25) is 9.48 Å². The summed E-state index contributed by atoms with van der Waals surface area (Å²) in [6, 6.07) is 0.410. The van der Waals surface area contributed by atoms with Crippen LogP contribution in [0.2, 0.25) is 0 Å². The van der Waals surface area contributed by atoms with Crippen molar-refractivity contribution >= 4 is 6.34 Å². The molecule has 0 saturated carbocycles. The molecule has 1 rings (SSSR count). The highest BCUT2D eigenvalue weighted by Crippen LogP contribution is 2.15. The van der Waals surface area contributed by atoms with Gasteiger partial charge in [-0.15, -0.1) is 0 Å². The molecule has 1 heterocycles. The molecule has 0 spiro atoms. The highest BCUT2D eigenvalue weighted by molar-refractivity contribution is 5.50. The number of aliphatic hydroxyl groups is 2. The van der Waals surface area contributed by atoms with Gasteiger partial charge in [0.05, 0.1) is 26.3 Å². The molecule has 0 radical (unpaired) electrons. The Morgan fingerprint density at radius 1 is 1.05 bits per heavy atom. The van der Waals surface area contributed by atoms with Gasteiger partial charge in [0.15, 0.2) is 0 Å². The van der Waals surface area contributed by atoms with Gasteiger partial charge < -0.3 is 10.2 Å². The van der Waals surface area contributed by atoms with Crippen molar-refractivity contribution in [1.29, 1.82) is 0 Å². The van der Waals surface area contributed by atoms with Crippen LogP contribution in [0, 0.1) is 11.8 Å². The zero-order valence-electron chi connectivity index (χ0n) is 13.6. The van der Waals surface area contributed by atoms with E-state index in [2.05, 4.69) is 43.5 Å². The zero-order chi connectivity index (χ0) is 15.1. The van der Waals surface area contributed by atoms with Crippen LogP contribution in [0.25, 0.3) is 0 Å². The van der Waals surface area contributed by atoms with Crippen LogP contribution in [-0.4, -0.2) is 64.4 Å². The Morgan fingerprint density at radius 2 is 1.70 bits per heavy atom. The monoisotopic (exact) mass is 285 g/mol. The van der Waals surface area contributed by atoms with E-state index in [4.69, 9.17) is 0 Å². The Labute approximate surface area is 124 Å². The van der Waals surface area contributed by atoms with Crippen LogP contribution in [0.5, 0.6) is 0 Å². The fourth-order valence-electron chi connectivity index (χ4n) is 3.01. The lowest BCUT2D eigenvalue weighted by molar-refractivity contribution is -0.575. The van der Waals surface area contributed by atoms with Crippen LogP contribution in [0.15, 0.2) is 0 Å². The maximum Gasteiger partial charge on any atom is 0.234 e. The maximum atomic E-state index is 9.63. The van der Waals surface area contributed by atoms with Crippen molar-refractivity contribution in [2.45, 2.75) is 59.0 Å². The van der Waals surface area contributed by atoms with Gasteiger partial charge in [0.1, 0.15) is 12.1 Å². The molecule has 0 bridgehead atoms. The van der Waals surface area contributed by atoms with E-state index in [1.54, 1.807) is 0 Å². The second-order valence-electron chi connectivity index (χ2n) is 6.88.